The molecule has 0 unspecified atom stereocenters. The first-order chi connectivity index (χ1) is 14.1. The minimum atomic E-state index is -0.541. The summed E-state index contributed by atoms with van der Waals surface area (Å²) in [5.74, 6) is 0.290. The molecule has 1 N–H and O–H groups in total. The largest absolute Gasteiger partial charge is 0.468 e. The third-order valence-corrected chi connectivity index (χ3v) is 5.27. The standard InChI is InChI=1S/C22H21N3O4/c26-22(18-8-3-4-9-19(18)25(27)28)23-14-20(21-10-5-13-29-21)24-12-11-16-6-1-2-7-17(16)15-24/h1-10,13,20H,11-12,14-15H2,(H,23,26)/t20-/m1/s1. The van der Waals surface area contributed by atoms with E-state index in [1.54, 1.807) is 18.4 Å². The SMILES string of the molecule is O=C(NC[C@H](c1ccco1)N1CCc2ccccc2C1)c1ccccc1[N+](=O)[O-]. The maximum atomic E-state index is 12.7. The molecule has 1 atom stereocenters. The molecule has 2 heterocycles. The van der Waals surface area contributed by atoms with Crippen molar-refractivity contribution in [2.75, 3.05) is 13.1 Å². The second kappa shape index (κ2) is 8.28. The number of nitrogens with one attached hydrogen (secondary N) is 1. The summed E-state index contributed by atoms with van der Waals surface area (Å²) in [7, 11) is 0. The van der Waals surface area contributed by atoms with E-state index in [9.17, 15) is 14.9 Å². The monoisotopic (exact) mass is 391 g/mol. The molecule has 4 rings (SSSR count). The van der Waals surface area contributed by atoms with Crippen molar-refractivity contribution in [2.24, 2.45) is 0 Å². The number of furan rings is 1. The first-order valence-corrected chi connectivity index (χ1v) is 9.49. The van der Waals surface area contributed by atoms with Crippen LogP contribution in [0.1, 0.15) is 33.3 Å². The van der Waals surface area contributed by atoms with E-state index in [2.05, 4.69) is 22.3 Å². The number of carbonyl (C=O) groups is 1. The van der Waals surface area contributed by atoms with Gasteiger partial charge < -0.3 is 9.73 Å². The summed E-state index contributed by atoms with van der Waals surface area (Å²) in [6.07, 6.45) is 2.54. The molecule has 0 saturated heterocycles. The zero-order valence-electron chi connectivity index (χ0n) is 15.8. The molecule has 29 heavy (non-hydrogen) atoms. The summed E-state index contributed by atoms with van der Waals surface area (Å²) in [4.78, 5) is 25.6. The van der Waals surface area contributed by atoms with Gasteiger partial charge in [0.1, 0.15) is 11.3 Å². The molecule has 3 aromatic rings. The molecular weight excluding hydrogens is 370 g/mol. The number of nitro benzene ring substituents is 1. The number of carbonyl (C=O) groups excluding carboxylic acids is 1. The smallest absolute Gasteiger partial charge is 0.282 e. The zero-order chi connectivity index (χ0) is 20.2. The van der Waals surface area contributed by atoms with E-state index in [0.717, 1.165) is 25.3 Å². The molecule has 2 aromatic carbocycles. The Hall–Kier alpha value is -3.45. The van der Waals surface area contributed by atoms with Gasteiger partial charge in [0.2, 0.25) is 0 Å². The highest BCUT2D eigenvalue weighted by Gasteiger charge is 2.28. The molecule has 1 aromatic heterocycles. The third-order valence-electron chi connectivity index (χ3n) is 5.27. The van der Waals surface area contributed by atoms with Crippen LogP contribution in [-0.2, 0) is 13.0 Å². The maximum Gasteiger partial charge on any atom is 0.282 e. The van der Waals surface area contributed by atoms with Crippen LogP contribution in [0.25, 0.3) is 0 Å². The average molecular weight is 391 g/mol. The van der Waals surface area contributed by atoms with Crippen molar-refractivity contribution in [3.05, 3.63) is 99.5 Å². The van der Waals surface area contributed by atoms with Crippen molar-refractivity contribution >= 4 is 11.6 Å². The Balaban J connectivity index is 1.52. The van der Waals surface area contributed by atoms with Crippen LogP contribution >= 0.6 is 0 Å². The van der Waals surface area contributed by atoms with Crippen LogP contribution in [0.2, 0.25) is 0 Å². The second-order valence-corrected chi connectivity index (χ2v) is 7.00. The summed E-state index contributed by atoms with van der Waals surface area (Å²) < 4.78 is 5.64. The number of fused-ring (bicyclic) bond motifs is 1. The van der Waals surface area contributed by atoms with Gasteiger partial charge in [-0.3, -0.25) is 19.8 Å². The van der Waals surface area contributed by atoms with E-state index in [1.807, 2.05) is 24.3 Å². The number of para-hydroxylation sites is 1. The van der Waals surface area contributed by atoms with Crippen LogP contribution in [-0.4, -0.2) is 28.8 Å². The first-order valence-electron chi connectivity index (χ1n) is 9.49. The van der Waals surface area contributed by atoms with E-state index in [4.69, 9.17) is 4.42 Å². The normalized spacial score (nSPS) is 14.8. The van der Waals surface area contributed by atoms with Crippen molar-refractivity contribution in [1.82, 2.24) is 10.2 Å². The topological polar surface area (TPSA) is 88.6 Å². The molecule has 1 aliphatic rings. The quantitative estimate of drug-likeness (QED) is 0.511. The van der Waals surface area contributed by atoms with Crippen LogP contribution in [0.5, 0.6) is 0 Å². The molecule has 0 aliphatic carbocycles. The molecule has 0 bridgehead atoms. The minimum absolute atomic E-state index is 0.0553. The number of hydrogen-bond acceptors (Lipinski definition) is 5. The number of amides is 1. The lowest BCUT2D eigenvalue weighted by molar-refractivity contribution is -0.385. The van der Waals surface area contributed by atoms with Gasteiger partial charge in [0.25, 0.3) is 11.6 Å². The van der Waals surface area contributed by atoms with Gasteiger partial charge in [0, 0.05) is 25.7 Å². The molecule has 1 aliphatic heterocycles. The average Bonchev–Trinajstić information content (AvgIpc) is 3.28. The lowest BCUT2D eigenvalue weighted by Crippen LogP contribution is -2.40. The van der Waals surface area contributed by atoms with E-state index >= 15 is 0 Å². The molecule has 0 spiro atoms. The Labute approximate surface area is 168 Å². The fraction of sp³-hybridized carbons (Fsp3) is 0.227. The number of hydrogen-bond donors (Lipinski definition) is 1. The minimum Gasteiger partial charge on any atom is -0.468 e. The predicted octanol–water partition coefficient (Wildman–Crippen LogP) is 3.72. The van der Waals surface area contributed by atoms with Gasteiger partial charge in [-0.2, -0.15) is 0 Å². The van der Waals surface area contributed by atoms with Gasteiger partial charge in [0.15, 0.2) is 0 Å². The van der Waals surface area contributed by atoms with E-state index in [-0.39, 0.29) is 17.3 Å². The number of nitrogens with zero attached hydrogens (tertiary/aromatic N) is 2. The summed E-state index contributed by atoms with van der Waals surface area (Å²) in [5, 5.41) is 14.1. The molecule has 1 amide bonds. The third kappa shape index (κ3) is 4.05. The fourth-order valence-corrected chi connectivity index (χ4v) is 3.78. The number of rotatable bonds is 6. The van der Waals surface area contributed by atoms with Gasteiger partial charge in [0.05, 0.1) is 17.2 Å². The highest BCUT2D eigenvalue weighted by atomic mass is 16.6. The number of nitro groups is 1. The van der Waals surface area contributed by atoms with Crippen molar-refractivity contribution in [2.45, 2.75) is 19.0 Å². The summed E-state index contributed by atoms with van der Waals surface area (Å²) in [6.45, 7) is 1.88. The predicted molar refractivity (Wildman–Crippen MR) is 107 cm³/mol. The highest BCUT2D eigenvalue weighted by Crippen LogP contribution is 2.28. The Morgan fingerprint density at radius 3 is 2.62 bits per heavy atom. The summed E-state index contributed by atoms with van der Waals surface area (Å²) in [5.41, 5.74) is 2.46. The highest BCUT2D eigenvalue weighted by molar-refractivity contribution is 5.98. The van der Waals surface area contributed by atoms with Gasteiger partial charge in [-0.1, -0.05) is 36.4 Å². The molecular formula is C22H21N3O4. The Kier molecular flexibility index (Phi) is 5.39. The molecule has 0 radical (unpaired) electrons. The van der Waals surface area contributed by atoms with Crippen LogP contribution < -0.4 is 5.32 Å². The maximum absolute atomic E-state index is 12.7. The molecule has 0 fully saturated rings. The van der Waals surface area contributed by atoms with Crippen molar-refractivity contribution < 1.29 is 14.1 Å². The zero-order valence-corrected chi connectivity index (χ0v) is 15.8. The van der Waals surface area contributed by atoms with Crippen LogP contribution in [0, 0.1) is 10.1 Å². The van der Waals surface area contributed by atoms with E-state index in [1.165, 1.54) is 23.3 Å². The van der Waals surface area contributed by atoms with Crippen LogP contribution in [0.3, 0.4) is 0 Å². The summed E-state index contributed by atoms with van der Waals surface area (Å²) in [6, 6.07) is 17.9. The van der Waals surface area contributed by atoms with E-state index < -0.39 is 10.8 Å². The first kappa shape index (κ1) is 18.9. The molecule has 7 nitrogen and oxygen atoms in total. The van der Waals surface area contributed by atoms with Crippen LogP contribution in [0.4, 0.5) is 5.69 Å². The van der Waals surface area contributed by atoms with Gasteiger partial charge >= 0.3 is 0 Å². The van der Waals surface area contributed by atoms with Crippen LogP contribution in [0.15, 0.2) is 71.3 Å². The Bertz CT molecular complexity index is 1020. The Morgan fingerprint density at radius 1 is 1.10 bits per heavy atom. The number of benzene rings is 2. The lowest BCUT2D eigenvalue weighted by Gasteiger charge is -2.34. The van der Waals surface area contributed by atoms with Crippen molar-refractivity contribution in [1.29, 1.82) is 0 Å². The van der Waals surface area contributed by atoms with Gasteiger partial charge in [-0.25, -0.2) is 0 Å². The Morgan fingerprint density at radius 2 is 1.86 bits per heavy atom. The van der Waals surface area contributed by atoms with E-state index in [0.29, 0.717) is 6.54 Å². The summed E-state index contributed by atoms with van der Waals surface area (Å²) >= 11 is 0. The van der Waals surface area contributed by atoms with Crippen molar-refractivity contribution in [3.8, 4) is 0 Å². The fourth-order valence-electron chi connectivity index (χ4n) is 3.78. The second-order valence-electron chi connectivity index (χ2n) is 7.00. The van der Waals surface area contributed by atoms with Gasteiger partial charge in [-0.05, 0) is 35.7 Å². The molecule has 7 heteroatoms. The molecule has 148 valence electrons. The van der Waals surface area contributed by atoms with Crippen molar-refractivity contribution in [3.63, 3.8) is 0 Å². The van der Waals surface area contributed by atoms with Gasteiger partial charge in [-0.15, -0.1) is 0 Å². The lowest BCUT2D eigenvalue weighted by atomic mass is 9.98. The molecule has 0 saturated carbocycles.